The highest BCUT2D eigenvalue weighted by atomic mass is 15.1. The molecule has 134 valence electrons. The lowest BCUT2D eigenvalue weighted by molar-refractivity contribution is 0.248. The van der Waals surface area contributed by atoms with Crippen molar-refractivity contribution in [2.45, 2.75) is 19.5 Å². The van der Waals surface area contributed by atoms with E-state index in [9.17, 15) is 0 Å². The minimum atomic E-state index is 0.186. The van der Waals surface area contributed by atoms with Gasteiger partial charge >= 0.3 is 0 Å². The summed E-state index contributed by atoms with van der Waals surface area (Å²) in [4.78, 5) is 19.8. The zero-order chi connectivity index (χ0) is 18.6. The highest BCUT2D eigenvalue weighted by molar-refractivity contribution is 5.94. The van der Waals surface area contributed by atoms with E-state index in [1.54, 1.807) is 12.5 Å². The highest BCUT2D eigenvalue weighted by Crippen LogP contribution is 2.26. The second-order valence-electron chi connectivity index (χ2n) is 6.67. The minimum absolute atomic E-state index is 0.186. The van der Waals surface area contributed by atoms with Crippen LogP contribution in [0.3, 0.4) is 0 Å². The van der Waals surface area contributed by atoms with Crippen molar-refractivity contribution in [2.75, 3.05) is 7.05 Å². The van der Waals surface area contributed by atoms with Crippen LogP contribution in [0.5, 0.6) is 0 Å². The van der Waals surface area contributed by atoms with E-state index >= 15 is 0 Å². The fourth-order valence-electron chi connectivity index (χ4n) is 3.19. The maximum Gasteiger partial charge on any atom is 0.159 e. The maximum absolute atomic E-state index is 4.62. The van der Waals surface area contributed by atoms with Gasteiger partial charge in [0.2, 0.25) is 0 Å². The number of nitrogens with zero attached hydrogens (tertiary/aromatic N) is 5. The molecule has 0 spiro atoms. The fraction of sp³-hybridized carbons (Fsp3) is 0.182. The number of fused-ring (bicyclic) bond motifs is 1. The Morgan fingerprint density at radius 2 is 1.70 bits per heavy atom. The molecule has 0 aliphatic carbocycles. The Kier molecular flexibility index (Phi) is 4.85. The molecule has 0 radical (unpaired) electrons. The predicted molar refractivity (Wildman–Crippen MR) is 107 cm³/mol. The van der Waals surface area contributed by atoms with Crippen molar-refractivity contribution in [3.8, 4) is 11.4 Å². The molecule has 5 heteroatoms. The quantitative estimate of drug-likeness (QED) is 0.535. The molecule has 2 aromatic heterocycles. The first-order valence-corrected chi connectivity index (χ1v) is 8.97. The summed E-state index contributed by atoms with van der Waals surface area (Å²) in [6.07, 6.45) is 7.18. The Labute approximate surface area is 158 Å². The van der Waals surface area contributed by atoms with Gasteiger partial charge in [-0.2, -0.15) is 0 Å². The van der Waals surface area contributed by atoms with Crippen molar-refractivity contribution in [1.82, 2.24) is 24.8 Å². The molecule has 4 rings (SSSR count). The molecule has 0 aliphatic heterocycles. The third-order valence-electron chi connectivity index (χ3n) is 4.86. The molecule has 0 aliphatic rings. The molecule has 27 heavy (non-hydrogen) atoms. The second kappa shape index (κ2) is 7.60. The van der Waals surface area contributed by atoms with Gasteiger partial charge in [0.05, 0.1) is 5.69 Å². The number of hydrogen-bond acceptors (Lipinski definition) is 5. The molecule has 0 bridgehead atoms. The van der Waals surface area contributed by atoms with Gasteiger partial charge in [0.15, 0.2) is 5.82 Å². The van der Waals surface area contributed by atoms with E-state index in [4.69, 9.17) is 0 Å². The van der Waals surface area contributed by atoms with Crippen LogP contribution in [0.4, 0.5) is 0 Å². The van der Waals surface area contributed by atoms with E-state index in [0.717, 1.165) is 29.2 Å². The molecule has 4 aromatic rings. The largest absolute Gasteiger partial charge is 0.294 e. The van der Waals surface area contributed by atoms with Gasteiger partial charge in [-0.1, -0.05) is 42.5 Å². The van der Waals surface area contributed by atoms with Gasteiger partial charge in [0.1, 0.15) is 6.33 Å². The van der Waals surface area contributed by atoms with Crippen LogP contribution in [-0.4, -0.2) is 31.9 Å². The van der Waals surface area contributed by atoms with Gasteiger partial charge in [0.25, 0.3) is 0 Å². The average molecular weight is 355 g/mol. The van der Waals surface area contributed by atoms with Gasteiger partial charge < -0.3 is 0 Å². The summed E-state index contributed by atoms with van der Waals surface area (Å²) in [6.45, 7) is 2.88. The van der Waals surface area contributed by atoms with Crippen LogP contribution in [0.25, 0.3) is 22.2 Å². The lowest BCUT2D eigenvalue weighted by Crippen LogP contribution is -2.23. The normalized spacial score (nSPS) is 12.4. The van der Waals surface area contributed by atoms with Crippen LogP contribution in [0, 0.1) is 0 Å². The Morgan fingerprint density at radius 3 is 2.48 bits per heavy atom. The van der Waals surface area contributed by atoms with Crippen molar-refractivity contribution >= 4 is 10.8 Å². The predicted octanol–water partition coefficient (Wildman–Crippen LogP) is 4.28. The monoisotopic (exact) mass is 355 g/mol. The molecule has 1 unspecified atom stereocenters. The van der Waals surface area contributed by atoms with Crippen LogP contribution in [0.2, 0.25) is 0 Å². The molecule has 0 amide bonds. The summed E-state index contributed by atoms with van der Waals surface area (Å²) < 4.78 is 0. The lowest BCUT2D eigenvalue weighted by atomic mass is 10.0. The summed E-state index contributed by atoms with van der Waals surface area (Å²) in [7, 11) is 2.07. The van der Waals surface area contributed by atoms with Crippen molar-refractivity contribution in [3.05, 3.63) is 84.7 Å². The molecular formula is C22H21N5. The summed E-state index contributed by atoms with van der Waals surface area (Å²) >= 11 is 0. The number of aromatic nitrogens is 4. The first-order chi connectivity index (χ1) is 13.2. The maximum atomic E-state index is 4.62. The number of rotatable bonds is 5. The van der Waals surface area contributed by atoms with Crippen LogP contribution >= 0.6 is 0 Å². The molecule has 0 fully saturated rings. The molecule has 0 N–H and O–H groups in total. The van der Waals surface area contributed by atoms with E-state index in [1.807, 2.05) is 36.7 Å². The Bertz CT molecular complexity index is 1030. The van der Waals surface area contributed by atoms with Crippen molar-refractivity contribution in [1.29, 1.82) is 0 Å². The first kappa shape index (κ1) is 17.2. The molecule has 5 nitrogen and oxygen atoms in total. The Morgan fingerprint density at radius 1 is 0.926 bits per heavy atom. The van der Waals surface area contributed by atoms with Gasteiger partial charge in [-0.15, -0.1) is 0 Å². The molecule has 1 atom stereocenters. The summed E-state index contributed by atoms with van der Waals surface area (Å²) in [5.41, 5.74) is 3.13. The van der Waals surface area contributed by atoms with Gasteiger partial charge in [-0.25, -0.2) is 19.9 Å². The topological polar surface area (TPSA) is 54.8 Å². The van der Waals surface area contributed by atoms with Crippen LogP contribution in [0.15, 0.2) is 73.4 Å². The molecule has 2 aromatic carbocycles. The van der Waals surface area contributed by atoms with E-state index in [0.29, 0.717) is 0 Å². The summed E-state index contributed by atoms with van der Waals surface area (Å²) in [5.74, 6) is 0.752. The van der Waals surface area contributed by atoms with E-state index < -0.39 is 0 Å². The minimum Gasteiger partial charge on any atom is -0.294 e. The molecule has 2 heterocycles. The Hall–Kier alpha value is -3.18. The number of benzene rings is 2. The first-order valence-electron chi connectivity index (χ1n) is 8.97. The SMILES string of the molecule is CC(c1ccncn1)N(C)Cc1cnc(-c2cccc3ccccc23)nc1. The number of hydrogen-bond donors (Lipinski definition) is 0. The van der Waals surface area contributed by atoms with Crippen LogP contribution in [-0.2, 0) is 6.54 Å². The van der Waals surface area contributed by atoms with E-state index in [2.05, 4.69) is 63.1 Å². The third kappa shape index (κ3) is 3.68. The average Bonchev–Trinajstić information content (AvgIpc) is 2.74. The highest BCUT2D eigenvalue weighted by Gasteiger charge is 2.14. The second-order valence-corrected chi connectivity index (χ2v) is 6.67. The van der Waals surface area contributed by atoms with Crippen LogP contribution in [0.1, 0.15) is 24.2 Å². The standard InChI is InChI=1S/C22H21N5/c1-16(21-10-11-23-15-26-21)27(2)14-17-12-24-22(25-13-17)20-9-5-7-18-6-3-4-8-19(18)20/h3-13,15-16H,14H2,1-2H3. The zero-order valence-electron chi connectivity index (χ0n) is 15.4. The molecular weight excluding hydrogens is 334 g/mol. The summed E-state index contributed by atoms with van der Waals surface area (Å²) in [6, 6.07) is 16.7. The van der Waals surface area contributed by atoms with E-state index in [1.165, 1.54) is 10.8 Å². The fourth-order valence-corrected chi connectivity index (χ4v) is 3.19. The van der Waals surface area contributed by atoms with Crippen LogP contribution < -0.4 is 0 Å². The van der Waals surface area contributed by atoms with Gasteiger partial charge in [0, 0.05) is 42.3 Å². The lowest BCUT2D eigenvalue weighted by Gasteiger charge is -2.23. The third-order valence-corrected chi connectivity index (χ3v) is 4.86. The van der Waals surface area contributed by atoms with Crippen molar-refractivity contribution in [2.24, 2.45) is 0 Å². The van der Waals surface area contributed by atoms with Gasteiger partial charge in [-0.05, 0) is 30.8 Å². The Balaban J connectivity index is 1.54. The smallest absolute Gasteiger partial charge is 0.159 e. The van der Waals surface area contributed by atoms with Crippen molar-refractivity contribution < 1.29 is 0 Å². The van der Waals surface area contributed by atoms with Gasteiger partial charge in [-0.3, -0.25) is 4.90 Å². The zero-order valence-corrected chi connectivity index (χ0v) is 15.4. The molecule has 0 saturated heterocycles. The van der Waals surface area contributed by atoms with Crippen molar-refractivity contribution in [3.63, 3.8) is 0 Å². The molecule has 0 saturated carbocycles. The summed E-state index contributed by atoms with van der Waals surface area (Å²) in [5, 5.41) is 2.36. The van der Waals surface area contributed by atoms with E-state index in [-0.39, 0.29) is 6.04 Å².